The molecule has 0 heterocycles. The van der Waals surface area contributed by atoms with Crippen LogP contribution in [0.2, 0.25) is 10.0 Å². The molecule has 0 aliphatic heterocycles. The van der Waals surface area contributed by atoms with Crippen molar-refractivity contribution >= 4 is 23.2 Å². The smallest absolute Gasteiger partial charge is 0.0595 e. The molecular weight excluding hydrogens is 241 g/mol. The Hall–Kier alpha value is -0.240. The molecule has 1 aliphatic rings. The Kier molecular flexibility index (Phi) is 3.78. The van der Waals surface area contributed by atoms with Crippen LogP contribution in [0, 0.1) is 0 Å². The zero-order valence-corrected chi connectivity index (χ0v) is 11.0. The van der Waals surface area contributed by atoms with Crippen molar-refractivity contribution in [2.24, 2.45) is 0 Å². The van der Waals surface area contributed by atoms with Crippen LogP contribution in [0.3, 0.4) is 0 Å². The molecule has 0 aromatic heterocycles. The summed E-state index contributed by atoms with van der Waals surface area (Å²) in [5, 5.41) is 4.55. The summed E-state index contributed by atoms with van der Waals surface area (Å²) in [5.74, 6) is 0. The van der Waals surface area contributed by atoms with Crippen molar-refractivity contribution in [3.8, 4) is 0 Å². The Morgan fingerprint density at radius 2 is 2.00 bits per heavy atom. The van der Waals surface area contributed by atoms with E-state index >= 15 is 0 Å². The van der Waals surface area contributed by atoms with E-state index in [2.05, 4.69) is 11.4 Å². The highest BCUT2D eigenvalue weighted by Crippen LogP contribution is 2.47. The van der Waals surface area contributed by atoms with Gasteiger partial charge in [0.1, 0.15) is 0 Å². The second kappa shape index (κ2) is 4.95. The fourth-order valence-electron chi connectivity index (χ4n) is 2.48. The maximum Gasteiger partial charge on any atom is 0.0595 e. The lowest BCUT2D eigenvalue weighted by Gasteiger charge is -2.43. The Bertz CT molecular complexity index is 372. The van der Waals surface area contributed by atoms with Crippen LogP contribution in [0.4, 0.5) is 0 Å². The number of halogens is 2. The minimum atomic E-state index is 0.344. The van der Waals surface area contributed by atoms with Crippen LogP contribution in [-0.4, -0.2) is 13.6 Å². The van der Waals surface area contributed by atoms with Crippen LogP contribution >= 0.6 is 23.2 Å². The molecule has 3 heteroatoms. The largest absolute Gasteiger partial charge is 0.320 e. The Morgan fingerprint density at radius 1 is 1.25 bits per heavy atom. The maximum atomic E-state index is 6.09. The van der Waals surface area contributed by atoms with E-state index in [1.54, 1.807) is 0 Å². The molecule has 1 N–H and O–H groups in total. The monoisotopic (exact) mass is 257 g/mol. The zero-order valence-electron chi connectivity index (χ0n) is 9.52. The molecule has 0 bridgehead atoms. The van der Waals surface area contributed by atoms with Crippen LogP contribution in [0.25, 0.3) is 0 Å². The third-order valence-corrected chi connectivity index (χ3v) is 4.44. The third-order valence-electron chi connectivity index (χ3n) is 3.70. The maximum absolute atomic E-state index is 6.09. The van der Waals surface area contributed by atoms with Crippen LogP contribution < -0.4 is 5.32 Å². The number of benzene rings is 1. The molecule has 2 rings (SSSR count). The summed E-state index contributed by atoms with van der Waals surface area (Å²) in [4.78, 5) is 0. The highest BCUT2D eigenvalue weighted by molar-refractivity contribution is 6.42. The van der Waals surface area contributed by atoms with Gasteiger partial charge in [-0.3, -0.25) is 0 Å². The average Bonchev–Trinajstić information content (AvgIpc) is 2.22. The highest BCUT2D eigenvalue weighted by Gasteiger charge is 2.38. The van der Waals surface area contributed by atoms with E-state index in [0.29, 0.717) is 15.5 Å². The predicted octanol–water partition coefficient (Wildman–Crippen LogP) is 4.02. The van der Waals surface area contributed by atoms with Gasteiger partial charge in [-0.05, 0) is 56.0 Å². The SMILES string of the molecule is CNCCC1(c2ccc(Cl)c(Cl)c2)CCC1. The molecule has 1 aliphatic carbocycles. The van der Waals surface area contributed by atoms with Crippen molar-refractivity contribution in [3.05, 3.63) is 33.8 Å². The van der Waals surface area contributed by atoms with Gasteiger partial charge in [0.25, 0.3) is 0 Å². The lowest BCUT2D eigenvalue weighted by atomic mass is 9.62. The molecular formula is C13H17Cl2N. The van der Waals surface area contributed by atoms with Crippen molar-refractivity contribution in [1.29, 1.82) is 0 Å². The fourth-order valence-corrected chi connectivity index (χ4v) is 2.77. The minimum Gasteiger partial charge on any atom is -0.320 e. The van der Waals surface area contributed by atoms with Crippen molar-refractivity contribution in [2.75, 3.05) is 13.6 Å². The summed E-state index contributed by atoms with van der Waals surface area (Å²) in [6.45, 7) is 1.06. The molecule has 1 nitrogen and oxygen atoms in total. The van der Waals surface area contributed by atoms with E-state index in [1.807, 2.05) is 19.2 Å². The highest BCUT2D eigenvalue weighted by atomic mass is 35.5. The number of rotatable bonds is 4. The molecule has 0 amide bonds. The Labute approximate surface area is 107 Å². The van der Waals surface area contributed by atoms with Gasteiger partial charge in [0.15, 0.2) is 0 Å². The second-order valence-electron chi connectivity index (χ2n) is 4.62. The minimum absolute atomic E-state index is 0.344. The Balaban J connectivity index is 2.22. The second-order valence-corrected chi connectivity index (χ2v) is 5.43. The predicted molar refractivity (Wildman–Crippen MR) is 70.5 cm³/mol. The van der Waals surface area contributed by atoms with Gasteiger partial charge in [-0.1, -0.05) is 35.7 Å². The molecule has 0 spiro atoms. The van der Waals surface area contributed by atoms with Crippen LogP contribution in [-0.2, 0) is 5.41 Å². The van der Waals surface area contributed by atoms with Gasteiger partial charge in [0, 0.05) is 0 Å². The third kappa shape index (κ3) is 2.22. The molecule has 1 aromatic rings. The average molecular weight is 258 g/mol. The van der Waals surface area contributed by atoms with Gasteiger partial charge in [-0.25, -0.2) is 0 Å². The van der Waals surface area contributed by atoms with Gasteiger partial charge < -0.3 is 5.32 Å². The van der Waals surface area contributed by atoms with Crippen LogP contribution in [0.15, 0.2) is 18.2 Å². The number of nitrogens with one attached hydrogen (secondary N) is 1. The lowest BCUT2D eigenvalue weighted by molar-refractivity contribution is 0.225. The topological polar surface area (TPSA) is 12.0 Å². The molecule has 1 fully saturated rings. The Morgan fingerprint density at radius 3 is 2.50 bits per heavy atom. The van der Waals surface area contributed by atoms with Gasteiger partial charge in [0.05, 0.1) is 10.0 Å². The quantitative estimate of drug-likeness (QED) is 0.859. The van der Waals surface area contributed by atoms with E-state index in [-0.39, 0.29) is 0 Å². The molecule has 88 valence electrons. The standard InChI is InChI=1S/C13H17Cl2N/c1-16-8-7-13(5-2-6-13)10-3-4-11(14)12(15)9-10/h3-4,9,16H,2,5-8H2,1H3. The first kappa shape index (κ1) is 12.2. The van der Waals surface area contributed by atoms with E-state index in [0.717, 1.165) is 6.54 Å². The van der Waals surface area contributed by atoms with Crippen LogP contribution in [0.1, 0.15) is 31.2 Å². The van der Waals surface area contributed by atoms with E-state index in [9.17, 15) is 0 Å². The first-order valence-corrected chi connectivity index (χ1v) is 6.54. The van der Waals surface area contributed by atoms with E-state index in [1.165, 1.54) is 31.2 Å². The van der Waals surface area contributed by atoms with E-state index in [4.69, 9.17) is 23.2 Å². The molecule has 1 saturated carbocycles. The van der Waals surface area contributed by atoms with Gasteiger partial charge in [-0.2, -0.15) is 0 Å². The summed E-state index contributed by atoms with van der Waals surface area (Å²) in [6.07, 6.45) is 5.05. The zero-order chi connectivity index (χ0) is 11.6. The van der Waals surface area contributed by atoms with Crippen molar-refractivity contribution in [3.63, 3.8) is 0 Å². The van der Waals surface area contributed by atoms with Gasteiger partial charge in [-0.15, -0.1) is 0 Å². The van der Waals surface area contributed by atoms with E-state index < -0.39 is 0 Å². The van der Waals surface area contributed by atoms with Gasteiger partial charge in [0.2, 0.25) is 0 Å². The summed E-state index contributed by atoms with van der Waals surface area (Å²) in [5.41, 5.74) is 1.69. The summed E-state index contributed by atoms with van der Waals surface area (Å²) in [7, 11) is 2.00. The first-order chi connectivity index (χ1) is 7.68. The summed E-state index contributed by atoms with van der Waals surface area (Å²) in [6, 6.07) is 6.08. The number of hydrogen-bond acceptors (Lipinski definition) is 1. The summed E-state index contributed by atoms with van der Waals surface area (Å²) < 4.78 is 0. The normalized spacial score (nSPS) is 18.2. The lowest BCUT2D eigenvalue weighted by Crippen LogP contribution is -2.36. The molecule has 0 radical (unpaired) electrons. The number of hydrogen-bond donors (Lipinski definition) is 1. The van der Waals surface area contributed by atoms with Crippen molar-refractivity contribution < 1.29 is 0 Å². The molecule has 16 heavy (non-hydrogen) atoms. The van der Waals surface area contributed by atoms with Crippen molar-refractivity contribution in [2.45, 2.75) is 31.1 Å². The molecule has 0 unspecified atom stereocenters. The molecule has 0 atom stereocenters. The molecule has 0 saturated heterocycles. The fraction of sp³-hybridized carbons (Fsp3) is 0.538. The van der Waals surface area contributed by atoms with Gasteiger partial charge >= 0.3 is 0 Å². The van der Waals surface area contributed by atoms with Crippen molar-refractivity contribution in [1.82, 2.24) is 5.32 Å². The summed E-state index contributed by atoms with van der Waals surface area (Å²) >= 11 is 12.0. The molecule has 1 aromatic carbocycles. The van der Waals surface area contributed by atoms with Crippen LogP contribution in [0.5, 0.6) is 0 Å². The first-order valence-electron chi connectivity index (χ1n) is 5.78.